The van der Waals surface area contributed by atoms with Crippen molar-refractivity contribution in [2.75, 3.05) is 95.1 Å². The van der Waals surface area contributed by atoms with Crippen molar-refractivity contribution in [2.24, 2.45) is 17.8 Å². The fourth-order valence-electron chi connectivity index (χ4n) is 13.4. The summed E-state index contributed by atoms with van der Waals surface area (Å²) < 4.78 is 43.0. The maximum atomic E-state index is 15.6. The molecule has 0 aliphatic carbocycles. The summed E-state index contributed by atoms with van der Waals surface area (Å²) in [4.78, 5) is 187. The molecular weight excluding hydrogens is 1490 g/mol. The van der Waals surface area contributed by atoms with Crippen LogP contribution in [0, 0.1) is 21.3 Å². The number of likely N-dealkylation sites (N-methyl/N-ethyl adjacent to an activating group) is 7. The van der Waals surface area contributed by atoms with Gasteiger partial charge in [-0.05, 0) is 139 Å². The molecule has 0 aromatic heterocycles. The van der Waals surface area contributed by atoms with Crippen molar-refractivity contribution in [3.63, 3.8) is 0 Å². The molecule has 2 saturated heterocycles. The molecule has 580 valence electrons. The first-order valence-corrected chi connectivity index (χ1v) is 37.5. The van der Waals surface area contributed by atoms with Gasteiger partial charge in [0.2, 0.25) is 59.1 Å². The summed E-state index contributed by atoms with van der Waals surface area (Å²) in [5.74, 6) is -8.12. The Labute approximate surface area is 635 Å². The molecule has 3 aromatic carbocycles. The largest absolute Gasteiger partial charge is 0.416 e. The maximum absolute atomic E-state index is 15.6. The van der Waals surface area contributed by atoms with Crippen molar-refractivity contribution >= 4 is 106 Å². The summed E-state index contributed by atoms with van der Waals surface area (Å²) in [7, 11) is 9.73. The molecule has 105 heavy (non-hydrogen) atoms. The van der Waals surface area contributed by atoms with Crippen LogP contribution in [0.2, 0.25) is 5.02 Å². The van der Waals surface area contributed by atoms with Crippen LogP contribution in [0.4, 0.5) is 13.2 Å². The molecule has 29 heteroatoms. The predicted molar refractivity (Wildman–Crippen MR) is 403 cm³/mol. The fraction of sp³-hybridized carbons (Fsp3) is 0.605. The lowest BCUT2D eigenvalue weighted by Gasteiger charge is -2.41. The van der Waals surface area contributed by atoms with Gasteiger partial charge in [-0.2, -0.15) is 13.2 Å². The Morgan fingerprint density at radius 2 is 1.23 bits per heavy atom. The maximum Gasteiger partial charge on any atom is 0.416 e. The summed E-state index contributed by atoms with van der Waals surface area (Å²) in [5, 5.41) is 12.3. The molecule has 2 fully saturated rings. The van der Waals surface area contributed by atoms with E-state index in [2.05, 4.69) is 43.9 Å². The molecular formula is C76H109ClF3IN12O12. The molecule has 4 N–H and O–H groups in total. The first-order valence-electron chi connectivity index (χ1n) is 36.1. The highest BCUT2D eigenvalue weighted by Gasteiger charge is 2.45. The highest BCUT2D eigenvalue weighted by atomic mass is 127. The number of nitrogens with zero attached hydrogens (tertiary/aromatic N) is 8. The predicted octanol–water partition coefficient (Wildman–Crippen LogP) is 6.44. The Morgan fingerprint density at radius 1 is 0.648 bits per heavy atom. The number of alkyl halides is 3. The van der Waals surface area contributed by atoms with Crippen LogP contribution < -0.4 is 21.3 Å². The van der Waals surface area contributed by atoms with Crippen molar-refractivity contribution in [2.45, 2.75) is 185 Å². The molecule has 0 radical (unpaired) electrons. The van der Waals surface area contributed by atoms with Crippen LogP contribution in [0.25, 0.3) is 0 Å². The average molecular weight is 1600 g/mol. The third-order valence-electron chi connectivity index (χ3n) is 19.8. The van der Waals surface area contributed by atoms with E-state index in [0.29, 0.717) is 73.9 Å². The second-order valence-electron chi connectivity index (χ2n) is 29.5. The molecule has 5 rings (SSSR count). The molecule has 0 bridgehead atoms. The zero-order valence-electron chi connectivity index (χ0n) is 63.3. The standard InChI is InChI=1S/C76H109ClF3IN12O12/c1-15-17-24-58-70(102)92(14)60(37-52-25-29-55(30-26-52)76(78,79)80)69(101)85-75(48-95,40-50(5)6)46-89(11)61(72(104)93-33-19-18-20-34-93)39-64(97)90(12)59(35-49(3)4)68(100)83-67(51(7)16-2)73(105)88(10)43-65(98)86(8)44-66(99)91(13)62(38-53-27-31-56(77)32-28-53)71(103)87(9)42-63(96)84-74(47-94,45-82-58)41-54-22-21-23-57(81)36-54/h21-23,25-32,36,47-51,58-62,67,82H,15-20,24,33-35,37-46H2,1-14H3,(H,83,100)(H,84,96)(H,85,101)/t51-,58-,59-,60-,61-,62-,67-,74+,75+/m0/s1. The van der Waals surface area contributed by atoms with Crippen molar-refractivity contribution in [3.05, 3.63) is 104 Å². The van der Waals surface area contributed by atoms with Crippen molar-refractivity contribution in [3.8, 4) is 0 Å². The number of nitrogens with one attached hydrogen (secondary N) is 4. The van der Waals surface area contributed by atoms with Crippen LogP contribution in [0.1, 0.15) is 135 Å². The van der Waals surface area contributed by atoms with E-state index >= 15 is 19.2 Å². The van der Waals surface area contributed by atoms with E-state index in [0.717, 1.165) is 46.6 Å². The van der Waals surface area contributed by atoms with Crippen molar-refractivity contribution in [1.82, 2.24) is 60.5 Å². The van der Waals surface area contributed by atoms with Gasteiger partial charge in [0.1, 0.15) is 47.8 Å². The number of aldehydes is 2. The number of amides is 10. The van der Waals surface area contributed by atoms with Gasteiger partial charge >= 0.3 is 6.18 Å². The summed E-state index contributed by atoms with van der Waals surface area (Å²) >= 11 is 8.36. The summed E-state index contributed by atoms with van der Waals surface area (Å²) in [6, 6.07) is 9.82. The molecule has 24 nitrogen and oxygen atoms in total. The first kappa shape index (κ1) is 88.1. The van der Waals surface area contributed by atoms with Gasteiger partial charge in [-0.3, -0.25) is 52.8 Å². The van der Waals surface area contributed by atoms with E-state index in [1.54, 1.807) is 68.1 Å². The van der Waals surface area contributed by atoms with Gasteiger partial charge < -0.3 is 65.2 Å². The Bertz CT molecular complexity index is 3500. The SMILES string of the molecule is CCCC[C@@H]1NC[C@@](C=O)(Cc2cccc(I)c2)NC(=O)CN(C)C(=O)[C@H](Cc2ccc(Cl)cc2)N(C)C(=O)CN(C)C(=O)CN(C)C(=O)[C@H]([C@@H](C)CC)NC(=O)[C@H](CC(C)C)N(C)C(=O)C[C@@H](C(=O)N2CCCCC2)N(C)C[C@@](C=O)(CC(C)C)NC(=O)[C@H](Cc2ccc(C(F)(F)F)cc2)N(C)C1=O. The van der Waals surface area contributed by atoms with Gasteiger partial charge in [0.15, 0.2) is 0 Å². The third-order valence-corrected chi connectivity index (χ3v) is 20.8. The van der Waals surface area contributed by atoms with E-state index in [1.807, 2.05) is 33.8 Å². The number of hydrogen-bond donors (Lipinski definition) is 4. The average Bonchev–Trinajstić information content (AvgIpc) is 0.805. The second kappa shape index (κ2) is 40.4. The third kappa shape index (κ3) is 25.6. The van der Waals surface area contributed by atoms with E-state index in [9.17, 15) is 51.5 Å². The van der Waals surface area contributed by atoms with Crippen LogP contribution in [-0.2, 0) is 83.0 Å². The number of piperidine rings is 1. The van der Waals surface area contributed by atoms with Crippen molar-refractivity contribution in [1.29, 1.82) is 0 Å². The number of likely N-dealkylation sites (tertiary alicyclic amines) is 1. The minimum atomic E-state index is -4.73. The van der Waals surface area contributed by atoms with E-state index in [-0.39, 0.29) is 49.5 Å². The smallest absolute Gasteiger partial charge is 0.342 e. The quantitative estimate of drug-likeness (QED) is 0.0788. The fourth-order valence-corrected chi connectivity index (χ4v) is 14.1. The van der Waals surface area contributed by atoms with E-state index in [1.165, 1.54) is 71.3 Å². The highest BCUT2D eigenvalue weighted by molar-refractivity contribution is 14.1. The highest BCUT2D eigenvalue weighted by Crippen LogP contribution is 2.31. The molecule has 9 atom stereocenters. The summed E-state index contributed by atoms with van der Waals surface area (Å²) in [6.45, 7) is 10.8. The topological polar surface area (TPSA) is 279 Å². The van der Waals surface area contributed by atoms with Gasteiger partial charge in [0, 0.05) is 96.3 Å². The normalized spacial score (nSPS) is 24.6. The zero-order valence-corrected chi connectivity index (χ0v) is 66.2. The Kier molecular flexibility index (Phi) is 33.9. The lowest BCUT2D eigenvalue weighted by atomic mass is 9.88. The van der Waals surface area contributed by atoms with Gasteiger partial charge in [0.25, 0.3) is 0 Å². The number of benzene rings is 3. The van der Waals surface area contributed by atoms with Crippen molar-refractivity contribution < 1.29 is 70.7 Å². The molecule has 2 aliphatic heterocycles. The lowest BCUT2D eigenvalue weighted by molar-refractivity contribution is -0.148. The molecule has 0 spiro atoms. The van der Waals surface area contributed by atoms with Crippen LogP contribution in [0.5, 0.6) is 0 Å². The second-order valence-corrected chi connectivity index (χ2v) is 31.1. The molecule has 3 aromatic rings. The number of carbonyl (C=O) groups is 12. The van der Waals surface area contributed by atoms with Gasteiger partial charge in [-0.1, -0.05) is 116 Å². The van der Waals surface area contributed by atoms with Gasteiger partial charge in [-0.15, -0.1) is 0 Å². The number of carbonyl (C=O) groups excluding carboxylic acids is 12. The van der Waals surface area contributed by atoms with Crippen LogP contribution in [-0.4, -0.2) is 253 Å². The first-order chi connectivity index (χ1) is 49.3. The number of hydrogen-bond acceptors (Lipinski definition) is 14. The molecule has 10 amide bonds. The monoisotopic (exact) mass is 1600 g/mol. The minimum Gasteiger partial charge on any atom is -0.342 e. The zero-order chi connectivity index (χ0) is 78.4. The molecule has 0 saturated carbocycles. The number of halogens is 5. The summed E-state index contributed by atoms with van der Waals surface area (Å²) in [6.07, 6.45) is -1.20. The lowest BCUT2D eigenvalue weighted by Crippen LogP contribution is -2.65. The van der Waals surface area contributed by atoms with Crippen LogP contribution in [0.3, 0.4) is 0 Å². The Hall–Kier alpha value is -7.57. The van der Waals surface area contributed by atoms with E-state index < -0.39 is 170 Å². The minimum absolute atomic E-state index is 0.0617. The van der Waals surface area contributed by atoms with Gasteiger partial charge in [-0.25, -0.2) is 0 Å². The number of rotatable bonds is 18. The van der Waals surface area contributed by atoms with Gasteiger partial charge in [0.05, 0.1) is 43.7 Å². The summed E-state index contributed by atoms with van der Waals surface area (Å²) in [5.41, 5.74) is -3.37. The molecule has 0 unspecified atom stereocenters. The van der Waals surface area contributed by atoms with Crippen LogP contribution >= 0.6 is 34.2 Å². The molecule has 2 aliphatic rings. The Morgan fingerprint density at radius 3 is 1.79 bits per heavy atom. The van der Waals surface area contributed by atoms with E-state index in [4.69, 9.17) is 11.6 Å². The Balaban J connectivity index is 1.72. The van der Waals surface area contributed by atoms with Crippen LogP contribution in [0.15, 0.2) is 72.8 Å². The molecule has 2 heterocycles. The number of unbranched alkanes of at least 4 members (excludes halogenated alkanes) is 1.